The Balaban J connectivity index is 2.49. The summed E-state index contributed by atoms with van der Waals surface area (Å²) in [6.07, 6.45) is 1.10. The van der Waals surface area contributed by atoms with E-state index in [0.717, 1.165) is 23.5 Å². The van der Waals surface area contributed by atoms with Gasteiger partial charge in [-0.15, -0.1) is 0 Å². The third kappa shape index (κ3) is 2.22. The minimum Gasteiger partial charge on any atom is -0.313 e. The Labute approximate surface area is 102 Å². The average Bonchev–Trinajstić information content (AvgIpc) is 2.45. The molecule has 0 radical (unpaired) electrons. The predicted octanol–water partition coefficient (Wildman–Crippen LogP) is 3.49. The number of hydrogen-bond acceptors (Lipinski definition) is 2. The molecule has 1 aromatic rings. The Kier molecular flexibility index (Phi) is 3.69. The molecule has 1 aliphatic rings. The summed E-state index contributed by atoms with van der Waals surface area (Å²) in [7, 11) is 1.96. The van der Waals surface area contributed by atoms with E-state index in [-0.39, 0.29) is 5.82 Å². The third-order valence-corrected chi connectivity index (χ3v) is 4.63. The van der Waals surface area contributed by atoms with Crippen LogP contribution in [-0.2, 0) is 5.75 Å². The summed E-state index contributed by atoms with van der Waals surface area (Å²) in [5.74, 6) is 1.85. The fraction of sp³-hybridized carbons (Fsp3) is 0.455. The Bertz CT molecular complexity index is 370. The smallest absolute Gasteiger partial charge is 0.137 e. The van der Waals surface area contributed by atoms with Gasteiger partial charge in [0.25, 0.3) is 0 Å². The molecule has 1 N–H and O–H groups in total. The minimum absolute atomic E-state index is 0.161. The zero-order chi connectivity index (χ0) is 10.8. The van der Waals surface area contributed by atoms with Crippen LogP contribution < -0.4 is 5.32 Å². The number of hydrogen-bond donors (Lipinski definition) is 1. The summed E-state index contributed by atoms with van der Waals surface area (Å²) >= 11 is 5.20. The Morgan fingerprint density at radius 3 is 3.07 bits per heavy atom. The lowest BCUT2D eigenvalue weighted by Gasteiger charge is -2.17. The number of nitrogens with one attached hydrogen (secondary N) is 1. The Hall–Kier alpha value is -0.0600. The van der Waals surface area contributed by atoms with E-state index in [1.54, 1.807) is 6.07 Å². The summed E-state index contributed by atoms with van der Waals surface area (Å²) in [5, 5.41) is 3.29. The highest BCUT2D eigenvalue weighted by molar-refractivity contribution is 9.10. The summed E-state index contributed by atoms with van der Waals surface area (Å²) in [4.78, 5) is 0. The first-order chi connectivity index (χ1) is 7.24. The van der Waals surface area contributed by atoms with Crippen molar-refractivity contribution >= 4 is 27.7 Å². The molecule has 1 unspecified atom stereocenters. The van der Waals surface area contributed by atoms with Crippen LogP contribution in [0.1, 0.15) is 23.6 Å². The van der Waals surface area contributed by atoms with Gasteiger partial charge in [-0.3, -0.25) is 0 Å². The number of fused-ring (bicyclic) bond motifs is 1. The van der Waals surface area contributed by atoms with Gasteiger partial charge in [-0.05, 0) is 52.3 Å². The fourth-order valence-electron chi connectivity index (χ4n) is 1.91. The van der Waals surface area contributed by atoms with Crippen LogP contribution in [-0.4, -0.2) is 12.8 Å². The van der Waals surface area contributed by atoms with E-state index in [9.17, 15) is 4.39 Å². The van der Waals surface area contributed by atoms with Crippen molar-refractivity contribution in [3.8, 4) is 0 Å². The molecule has 0 aliphatic carbocycles. The first-order valence-electron chi connectivity index (χ1n) is 4.96. The summed E-state index contributed by atoms with van der Waals surface area (Å²) in [6.45, 7) is 0. The second-order valence-corrected chi connectivity index (χ2v) is 5.51. The van der Waals surface area contributed by atoms with Crippen molar-refractivity contribution in [3.05, 3.63) is 33.5 Å². The molecule has 15 heavy (non-hydrogen) atoms. The van der Waals surface area contributed by atoms with E-state index >= 15 is 0 Å². The molecule has 1 nitrogen and oxygen atoms in total. The van der Waals surface area contributed by atoms with Gasteiger partial charge in [-0.1, -0.05) is 6.07 Å². The molecule has 1 aromatic carbocycles. The maximum atomic E-state index is 13.4. The van der Waals surface area contributed by atoms with E-state index in [1.165, 1.54) is 5.56 Å². The lowest BCUT2D eigenvalue weighted by atomic mass is 9.99. The van der Waals surface area contributed by atoms with E-state index in [4.69, 9.17) is 0 Å². The zero-order valence-electron chi connectivity index (χ0n) is 8.52. The molecule has 1 aliphatic heterocycles. The molecule has 0 saturated carbocycles. The molecule has 4 heteroatoms. The molecule has 2 rings (SSSR count). The molecule has 0 aromatic heterocycles. The standard InChI is InChI=1S/C11H13BrFNS/c1-14-10-4-5-15-6-8-7(10)2-3-9(13)11(8)12/h2-3,10,14H,4-6H2,1H3. The van der Waals surface area contributed by atoms with Crippen LogP contribution in [0.5, 0.6) is 0 Å². The Morgan fingerprint density at radius 2 is 2.33 bits per heavy atom. The summed E-state index contributed by atoms with van der Waals surface area (Å²) in [5.41, 5.74) is 2.34. The number of rotatable bonds is 1. The SMILES string of the molecule is CNC1CCSCc2c1ccc(F)c2Br. The van der Waals surface area contributed by atoms with E-state index in [0.29, 0.717) is 10.5 Å². The van der Waals surface area contributed by atoms with Gasteiger partial charge in [0.05, 0.1) is 4.47 Å². The highest BCUT2D eigenvalue weighted by Crippen LogP contribution is 2.35. The average molecular weight is 290 g/mol. The summed E-state index contributed by atoms with van der Waals surface area (Å²) < 4.78 is 14.0. The van der Waals surface area contributed by atoms with E-state index in [2.05, 4.69) is 21.2 Å². The predicted molar refractivity (Wildman–Crippen MR) is 66.7 cm³/mol. The first kappa shape index (κ1) is 11.4. The van der Waals surface area contributed by atoms with Crippen molar-refractivity contribution in [3.63, 3.8) is 0 Å². The van der Waals surface area contributed by atoms with Gasteiger partial charge in [-0.25, -0.2) is 4.39 Å². The van der Waals surface area contributed by atoms with Crippen LogP contribution in [0.3, 0.4) is 0 Å². The van der Waals surface area contributed by atoms with E-state index < -0.39 is 0 Å². The fourth-order valence-corrected chi connectivity index (χ4v) is 3.66. The molecule has 0 bridgehead atoms. The van der Waals surface area contributed by atoms with Crippen LogP contribution in [0.4, 0.5) is 4.39 Å². The molecule has 0 amide bonds. The van der Waals surface area contributed by atoms with Gasteiger partial charge in [0.15, 0.2) is 0 Å². The molecule has 82 valence electrons. The lowest BCUT2D eigenvalue weighted by Crippen LogP contribution is -2.17. The summed E-state index contributed by atoms with van der Waals surface area (Å²) in [6, 6.07) is 3.80. The van der Waals surface area contributed by atoms with Crippen molar-refractivity contribution < 1.29 is 4.39 Å². The third-order valence-electron chi connectivity index (χ3n) is 2.75. The van der Waals surface area contributed by atoms with Crippen LogP contribution in [0.2, 0.25) is 0 Å². The zero-order valence-corrected chi connectivity index (χ0v) is 10.9. The second kappa shape index (κ2) is 4.85. The van der Waals surface area contributed by atoms with Gasteiger partial charge in [0.1, 0.15) is 5.82 Å². The molecule has 1 heterocycles. The normalized spacial score (nSPS) is 20.9. The number of halogens is 2. The van der Waals surface area contributed by atoms with E-state index in [1.807, 2.05) is 24.9 Å². The number of thioether (sulfide) groups is 1. The van der Waals surface area contributed by atoms with Crippen molar-refractivity contribution in [2.75, 3.05) is 12.8 Å². The first-order valence-corrected chi connectivity index (χ1v) is 6.90. The topological polar surface area (TPSA) is 12.0 Å². The highest BCUT2D eigenvalue weighted by Gasteiger charge is 2.20. The molecule has 0 fully saturated rings. The Morgan fingerprint density at radius 1 is 1.53 bits per heavy atom. The lowest BCUT2D eigenvalue weighted by molar-refractivity contribution is 0.574. The van der Waals surface area contributed by atoms with Gasteiger partial charge < -0.3 is 5.32 Å². The molecular weight excluding hydrogens is 277 g/mol. The molecular formula is C11H13BrFNS. The van der Waals surface area contributed by atoms with Crippen LogP contribution in [0.25, 0.3) is 0 Å². The van der Waals surface area contributed by atoms with Crippen molar-refractivity contribution in [1.29, 1.82) is 0 Å². The molecule has 0 spiro atoms. The van der Waals surface area contributed by atoms with Crippen molar-refractivity contribution in [2.45, 2.75) is 18.2 Å². The van der Waals surface area contributed by atoms with Crippen molar-refractivity contribution in [1.82, 2.24) is 5.32 Å². The molecule has 1 atom stereocenters. The van der Waals surface area contributed by atoms with Gasteiger partial charge >= 0.3 is 0 Å². The van der Waals surface area contributed by atoms with Gasteiger partial charge in [0, 0.05) is 11.8 Å². The minimum atomic E-state index is -0.161. The van der Waals surface area contributed by atoms with Crippen LogP contribution >= 0.6 is 27.7 Å². The maximum Gasteiger partial charge on any atom is 0.137 e. The quantitative estimate of drug-likeness (QED) is 0.849. The van der Waals surface area contributed by atoms with Gasteiger partial charge in [0.2, 0.25) is 0 Å². The largest absolute Gasteiger partial charge is 0.313 e. The van der Waals surface area contributed by atoms with Gasteiger partial charge in [-0.2, -0.15) is 11.8 Å². The second-order valence-electron chi connectivity index (χ2n) is 3.61. The van der Waals surface area contributed by atoms with Crippen molar-refractivity contribution in [2.24, 2.45) is 0 Å². The van der Waals surface area contributed by atoms with Crippen LogP contribution in [0, 0.1) is 5.82 Å². The molecule has 0 saturated heterocycles. The maximum absolute atomic E-state index is 13.4. The highest BCUT2D eigenvalue weighted by atomic mass is 79.9. The van der Waals surface area contributed by atoms with Crippen LogP contribution in [0.15, 0.2) is 16.6 Å². The monoisotopic (exact) mass is 289 g/mol. The number of benzene rings is 1.